The Morgan fingerprint density at radius 2 is 2.05 bits per heavy atom. The molecule has 2 N–H and O–H groups in total. The van der Waals surface area contributed by atoms with E-state index in [1.807, 2.05) is 20.8 Å². The Balaban J connectivity index is 2.88. The van der Waals surface area contributed by atoms with Crippen molar-refractivity contribution in [1.82, 2.24) is 5.32 Å². The van der Waals surface area contributed by atoms with Crippen molar-refractivity contribution >= 4 is 5.91 Å². The van der Waals surface area contributed by atoms with Gasteiger partial charge in [0.25, 0.3) is 5.91 Å². The Hall–Kier alpha value is -1.75. The van der Waals surface area contributed by atoms with Gasteiger partial charge in [0.05, 0.1) is 26.4 Å². The number of hydrogen-bond acceptors (Lipinski definition) is 4. The zero-order valence-corrected chi connectivity index (χ0v) is 12.5. The van der Waals surface area contributed by atoms with Gasteiger partial charge in [-0.05, 0) is 31.0 Å². The first-order valence-corrected chi connectivity index (χ1v) is 6.76. The van der Waals surface area contributed by atoms with E-state index in [-0.39, 0.29) is 24.5 Å². The van der Waals surface area contributed by atoms with Gasteiger partial charge < -0.3 is 19.9 Å². The van der Waals surface area contributed by atoms with Crippen LogP contribution in [0.1, 0.15) is 31.1 Å². The lowest BCUT2D eigenvalue weighted by molar-refractivity contribution is 0.0896. The molecule has 0 aliphatic rings. The van der Waals surface area contributed by atoms with Crippen molar-refractivity contribution in [2.24, 2.45) is 5.92 Å². The third kappa shape index (κ3) is 4.13. The molecule has 1 atom stereocenters. The lowest BCUT2D eigenvalue weighted by atomic mass is 10.0. The quantitative estimate of drug-likeness (QED) is 0.800. The van der Waals surface area contributed by atoms with Gasteiger partial charge in [0, 0.05) is 5.56 Å². The molecule has 0 radical (unpaired) electrons. The van der Waals surface area contributed by atoms with Gasteiger partial charge in [-0.2, -0.15) is 0 Å². The van der Waals surface area contributed by atoms with Gasteiger partial charge >= 0.3 is 0 Å². The number of nitrogens with one attached hydrogen (secondary N) is 1. The summed E-state index contributed by atoms with van der Waals surface area (Å²) in [5.74, 6) is 1.05. The maximum absolute atomic E-state index is 12.1. The number of aliphatic hydroxyl groups is 1. The molecule has 1 amide bonds. The van der Waals surface area contributed by atoms with E-state index in [4.69, 9.17) is 9.47 Å². The van der Waals surface area contributed by atoms with Crippen LogP contribution >= 0.6 is 0 Å². The maximum Gasteiger partial charge on any atom is 0.251 e. The number of carbonyl (C=O) groups excluding carboxylic acids is 1. The van der Waals surface area contributed by atoms with E-state index in [9.17, 15) is 9.90 Å². The molecule has 0 aliphatic carbocycles. The molecule has 0 saturated heterocycles. The van der Waals surface area contributed by atoms with Gasteiger partial charge in [-0.15, -0.1) is 0 Å². The van der Waals surface area contributed by atoms with E-state index in [0.29, 0.717) is 23.7 Å². The number of aliphatic hydroxyl groups excluding tert-OH is 1. The van der Waals surface area contributed by atoms with Crippen LogP contribution in [0, 0.1) is 5.92 Å². The number of hydrogen-bond donors (Lipinski definition) is 2. The number of benzene rings is 1. The predicted octanol–water partition coefficient (Wildman–Crippen LogP) is 1.84. The minimum atomic E-state index is -0.264. The Labute approximate surface area is 119 Å². The van der Waals surface area contributed by atoms with Gasteiger partial charge in [-0.1, -0.05) is 13.8 Å². The number of amides is 1. The van der Waals surface area contributed by atoms with Crippen LogP contribution in [0.25, 0.3) is 0 Å². The van der Waals surface area contributed by atoms with E-state index >= 15 is 0 Å². The van der Waals surface area contributed by atoms with Crippen molar-refractivity contribution in [2.45, 2.75) is 26.8 Å². The fourth-order valence-electron chi connectivity index (χ4n) is 1.76. The van der Waals surface area contributed by atoms with Crippen LogP contribution in [0.3, 0.4) is 0 Å². The summed E-state index contributed by atoms with van der Waals surface area (Å²) in [5.41, 5.74) is 0.476. The highest BCUT2D eigenvalue weighted by atomic mass is 16.5. The van der Waals surface area contributed by atoms with Crippen molar-refractivity contribution in [1.29, 1.82) is 0 Å². The number of rotatable bonds is 7. The summed E-state index contributed by atoms with van der Waals surface area (Å²) >= 11 is 0. The highest BCUT2D eigenvalue weighted by Crippen LogP contribution is 2.28. The van der Waals surface area contributed by atoms with Crippen molar-refractivity contribution in [3.63, 3.8) is 0 Å². The van der Waals surface area contributed by atoms with Crippen LogP contribution in [-0.4, -0.2) is 37.4 Å². The van der Waals surface area contributed by atoms with E-state index in [0.717, 1.165) is 0 Å². The lowest BCUT2D eigenvalue weighted by Crippen LogP contribution is -2.41. The molecule has 20 heavy (non-hydrogen) atoms. The first-order chi connectivity index (χ1) is 9.53. The standard InChI is InChI=1S/C15H23NO4/c1-5-20-13-7-6-11(8-14(13)19-4)15(18)16-12(9-17)10(2)3/h6-8,10,12,17H,5,9H2,1-4H3,(H,16,18). The molecule has 0 spiro atoms. The predicted molar refractivity (Wildman–Crippen MR) is 77.3 cm³/mol. The van der Waals surface area contributed by atoms with Crippen LogP contribution in [0.4, 0.5) is 0 Å². The first kappa shape index (κ1) is 16.3. The molecule has 112 valence electrons. The van der Waals surface area contributed by atoms with E-state index in [2.05, 4.69) is 5.32 Å². The van der Waals surface area contributed by atoms with Crippen molar-refractivity contribution in [3.05, 3.63) is 23.8 Å². The number of methoxy groups -OCH3 is 1. The minimum absolute atomic E-state index is 0.0857. The van der Waals surface area contributed by atoms with Crippen LogP contribution < -0.4 is 14.8 Å². The van der Waals surface area contributed by atoms with Gasteiger partial charge in [0.1, 0.15) is 0 Å². The lowest BCUT2D eigenvalue weighted by Gasteiger charge is -2.20. The average molecular weight is 281 g/mol. The molecule has 5 nitrogen and oxygen atoms in total. The van der Waals surface area contributed by atoms with Crippen LogP contribution in [0.5, 0.6) is 11.5 Å². The summed E-state index contributed by atoms with van der Waals surface area (Å²) in [7, 11) is 1.53. The van der Waals surface area contributed by atoms with Crippen molar-refractivity contribution in [2.75, 3.05) is 20.3 Å². The van der Waals surface area contributed by atoms with Crippen LogP contribution in [0.2, 0.25) is 0 Å². The first-order valence-electron chi connectivity index (χ1n) is 6.76. The molecule has 1 aromatic rings. The molecule has 0 aliphatic heterocycles. The second kappa shape index (κ2) is 7.75. The zero-order chi connectivity index (χ0) is 15.1. The smallest absolute Gasteiger partial charge is 0.251 e. The summed E-state index contributed by atoms with van der Waals surface area (Å²) in [6.07, 6.45) is 0. The Kier molecular flexibility index (Phi) is 6.31. The molecule has 0 heterocycles. The SMILES string of the molecule is CCOc1ccc(C(=O)NC(CO)C(C)C)cc1OC. The Morgan fingerprint density at radius 3 is 2.55 bits per heavy atom. The van der Waals surface area contributed by atoms with E-state index < -0.39 is 0 Å². The fourth-order valence-corrected chi connectivity index (χ4v) is 1.76. The molecule has 1 unspecified atom stereocenters. The molecule has 0 fully saturated rings. The highest BCUT2D eigenvalue weighted by molar-refractivity contribution is 5.95. The molecule has 0 bridgehead atoms. The largest absolute Gasteiger partial charge is 0.493 e. The fraction of sp³-hybridized carbons (Fsp3) is 0.533. The third-order valence-electron chi connectivity index (χ3n) is 3.04. The van der Waals surface area contributed by atoms with Gasteiger partial charge in [-0.3, -0.25) is 4.79 Å². The van der Waals surface area contributed by atoms with Gasteiger partial charge in [0.15, 0.2) is 11.5 Å². The zero-order valence-electron chi connectivity index (χ0n) is 12.5. The van der Waals surface area contributed by atoms with E-state index in [1.54, 1.807) is 18.2 Å². The summed E-state index contributed by atoms with van der Waals surface area (Å²) < 4.78 is 10.6. The molecule has 5 heteroatoms. The second-order valence-electron chi connectivity index (χ2n) is 4.81. The van der Waals surface area contributed by atoms with Crippen molar-refractivity contribution < 1.29 is 19.4 Å². The third-order valence-corrected chi connectivity index (χ3v) is 3.04. The highest BCUT2D eigenvalue weighted by Gasteiger charge is 2.17. The maximum atomic E-state index is 12.1. The van der Waals surface area contributed by atoms with Gasteiger partial charge in [0.2, 0.25) is 0 Å². The number of carbonyl (C=O) groups is 1. The topological polar surface area (TPSA) is 67.8 Å². The monoisotopic (exact) mass is 281 g/mol. The van der Waals surface area contributed by atoms with Gasteiger partial charge in [-0.25, -0.2) is 0 Å². The second-order valence-corrected chi connectivity index (χ2v) is 4.81. The summed E-state index contributed by atoms with van der Waals surface area (Å²) in [5, 5.41) is 12.0. The van der Waals surface area contributed by atoms with E-state index in [1.165, 1.54) is 7.11 Å². The molecular weight excluding hydrogens is 258 g/mol. The van der Waals surface area contributed by atoms with Crippen LogP contribution in [-0.2, 0) is 0 Å². The summed E-state index contributed by atoms with van der Waals surface area (Å²) in [6, 6.07) is 4.76. The number of ether oxygens (including phenoxy) is 2. The van der Waals surface area contributed by atoms with Crippen molar-refractivity contribution in [3.8, 4) is 11.5 Å². The normalized spacial score (nSPS) is 12.1. The molecule has 1 rings (SSSR count). The minimum Gasteiger partial charge on any atom is -0.493 e. The Bertz CT molecular complexity index is 445. The van der Waals surface area contributed by atoms with Crippen LogP contribution in [0.15, 0.2) is 18.2 Å². The summed E-state index contributed by atoms with van der Waals surface area (Å²) in [4.78, 5) is 12.1. The molecular formula is C15H23NO4. The Morgan fingerprint density at radius 1 is 1.35 bits per heavy atom. The average Bonchev–Trinajstić information content (AvgIpc) is 2.44. The molecule has 0 saturated carbocycles. The summed E-state index contributed by atoms with van der Waals surface area (Å²) in [6.45, 7) is 6.22. The molecule has 1 aromatic carbocycles. The molecule has 0 aromatic heterocycles.